The Labute approximate surface area is 73.7 Å². The monoisotopic (exact) mass is 175 g/mol. The van der Waals surface area contributed by atoms with Crippen LogP contribution >= 0.6 is 0 Å². The van der Waals surface area contributed by atoms with Crippen LogP contribution in [0.25, 0.3) is 0 Å². The lowest BCUT2D eigenvalue weighted by atomic mass is 10.2. The van der Waals surface area contributed by atoms with Crippen LogP contribution in [0.1, 0.15) is 19.8 Å². The van der Waals surface area contributed by atoms with E-state index in [0.717, 1.165) is 32.5 Å². The first-order valence-corrected chi connectivity index (χ1v) is 4.76. The van der Waals surface area contributed by atoms with Crippen LogP contribution in [0.3, 0.4) is 0 Å². The van der Waals surface area contributed by atoms with E-state index in [9.17, 15) is 4.39 Å². The Morgan fingerprint density at radius 3 is 3.08 bits per heavy atom. The summed E-state index contributed by atoms with van der Waals surface area (Å²) in [7, 11) is 0. The number of hydrogen-bond donors (Lipinski definition) is 0. The van der Waals surface area contributed by atoms with Crippen molar-refractivity contribution < 1.29 is 9.13 Å². The Morgan fingerprint density at radius 1 is 1.58 bits per heavy atom. The number of hydrogen-bond acceptors (Lipinski definition) is 2. The highest BCUT2D eigenvalue weighted by molar-refractivity contribution is 4.68. The fraction of sp³-hybridized carbons (Fsp3) is 1.00. The summed E-state index contributed by atoms with van der Waals surface area (Å²) in [6, 6.07) is 0. The molecule has 0 radical (unpaired) electrons. The largest absolute Gasteiger partial charge is 0.377 e. The maximum Gasteiger partial charge on any atom is 0.102 e. The smallest absolute Gasteiger partial charge is 0.102 e. The van der Waals surface area contributed by atoms with E-state index in [0.29, 0.717) is 12.6 Å². The van der Waals surface area contributed by atoms with Gasteiger partial charge in [-0.2, -0.15) is 0 Å². The molecule has 1 aliphatic heterocycles. The molecule has 1 saturated heterocycles. The predicted octanol–water partition coefficient (Wildman–Crippen LogP) is 1.46. The maximum absolute atomic E-state index is 12.1. The van der Waals surface area contributed by atoms with Gasteiger partial charge in [0.15, 0.2) is 0 Å². The maximum atomic E-state index is 12.1. The average molecular weight is 175 g/mol. The summed E-state index contributed by atoms with van der Waals surface area (Å²) in [5.74, 6) is 0. The van der Waals surface area contributed by atoms with Gasteiger partial charge in [0.1, 0.15) is 6.67 Å². The van der Waals surface area contributed by atoms with Gasteiger partial charge in [0.25, 0.3) is 0 Å². The first-order chi connectivity index (χ1) is 5.86. The van der Waals surface area contributed by atoms with Crippen molar-refractivity contribution in [1.29, 1.82) is 0 Å². The molecule has 1 unspecified atom stereocenters. The molecule has 0 aromatic carbocycles. The molecule has 3 heteroatoms. The molecular formula is C9H18FNO. The lowest BCUT2D eigenvalue weighted by Crippen LogP contribution is -2.32. The zero-order valence-corrected chi connectivity index (χ0v) is 7.76. The van der Waals surface area contributed by atoms with E-state index in [1.54, 1.807) is 0 Å². The van der Waals surface area contributed by atoms with E-state index in [1.807, 2.05) is 0 Å². The molecule has 0 saturated carbocycles. The molecule has 0 bridgehead atoms. The first-order valence-electron chi connectivity index (χ1n) is 4.76. The Bertz CT molecular complexity index is 121. The number of ether oxygens (including phenoxy) is 1. The molecule has 72 valence electrons. The molecule has 1 heterocycles. The van der Waals surface area contributed by atoms with Crippen LogP contribution in [0.2, 0.25) is 0 Å². The summed E-state index contributed by atoms with van der Waals surface area (Å²) in [5, 5.41) is 0. The van der Waals surface area contributed by atoms with Crippen molar-refractivity contribution >= 4 is 0 Å². The number of rotatable bonds is 3. The highest BCUT2D eigenvalue weighted by Gasteiger charge is 2.16. The zero-order valence-electron chi connectivity index (χ0n) is 7.76. The van der Waals surface area contributed by atoms with Crippen molar-refractivity contribution in [2.75, 3.05) is 32.9 Å². The van der Waals surface area contributed by atoms with E-state index in [1.165, 1.54) is 0 Å². The lowest BCUT2D eigenvalue weighted by molar-refractivity contribution is 0.0513. The molecule has 2 nitrogen and oxygen atoms in total. The molecule has 0 spiro atoms. The first kappa shape index (κ1) is 9.93. The molecule has 12 heavy (non-hydrogen) atoms. The third-order valence-electron chi connectivity index (χ3n) is 2.29. The van der Waals surface area contributed by atoms with Crippen molar-refractivity contribution in [1.82, 2.24) is 4.90 Å². The van der Waals surface area contributed by atoms with E-state index in [2.05, 4.69) is 11.8 Å². The molecule has 0 amide bonds. The van der Waals surface area contributed by atoms with Crippen LogP contribution in [-0.4, -0.2) is 43.9 Å². The molecule has 0 N–H and O–H groups in total. The second-order valence-electron chi connectivity index (χ2n) is 3.24. The zero-order chi connectivity index (χ0) is 8.81. The second kappa shape index (κ2) is 5.49. The van der Waals surface area contributed by atoms with Gasteiger partial charge in [-0.3, -0.25) is 4.90 Å². The predicted molar refractivity (Wildman–Crippen MR) is 47.1 cm³/mol. The molecule has 0 aromatic rings. The standard InChI is InChI=1S/C9H18FNO/c1-2-9-8-11(6-4-10)5-3-7-12-9/h9H,2-8H2,1H3. The summed E-state index contributed by atoms with van der Waals surface area (Å²) >= 11 is 0. The van der Waals surface area contributed by atoms with Gasteiger partial charge in [-0.15, -0.1) is 0 Å². The van der Waals surface area contributed by atoms with E-state index >= 15 is 0 Å². The average Bonchev–Trinajstić information content (AvgIpc) is 2.30. The third kappa shape index (κ3) is 3.07. The minimum Gasteiger partial charge on any atom is -0.377 e. The summed E-state index contributed by atoms with van der Waals surface area (Å²) in [4.78, 5) is 2.15. The molecule has 1 fully saturated rings. The SMILES string of the molecule is CCC1CN(CCF)CCCO1. The van der Waals surface area contributed by atoms with Crippen LogP contribution < -0.4 is 0 Å². The van der Waals surface area contributed by atoms with Crippen molar-refractivity contribution in [3.63, 3.8) is 0 Å². The molecular weight excluding hydrogens is 157 g/mol. The van der Waals surface area contributed by atoms with Crippen LogP contribution in [0.15, 0.2) is 0 Å². The summed E-state index contributed by atoms with van der Waals surface area (Å²) in [6.45, 7) is 5.17. The Kier molecular flexibility index (Phi) is 4.54. The van der Waals surface area contributed by atoms with Gasteiger partial charge in [-0.25, -0.2) is 4.39 Å². The van der Waals surface area contributed by atoms with Gasteiger partial charge >= 0.3 is 0 Å². The van der Waals surface area contributed by atoms with Gasteiger partial charge in [0, 0.05) is 26.2 Å². The van der Waals surface area contributed by atoms with Gasteiger partial charge in [0.2, 0.25) is 0 Å². The third-order valence-corrected chi connectivity index (χ3v) is 2.29. The Balaban J connectivity index is 2.31. The summed E-state index contributed by atoms with van der Waals surface area (Å²) in [5.41, 5.74) is 0. The van der Waals surface area contributed by atoms with Crippen molar-refractivity contribution in [2.45, 2.75) is 25.9 Å². The topological polar surface area (TPSA) is 12.5 Å². The van der Waals surface area contributed by atoms with Crippen LogP contribution in [0, 0.1) is 0 Å². The van der Waals surface area contributed by atoms with E-state index in [-0.39, 0.29) is 6.67 Å². The van der Waals surface area contributed by atoms with E-state index < -0.39 is 0 Å². The van der Waals surface area contributed by atoms with Crippen LogP contribution in [0.4, 0.5) is 4.39 Å². The van der Waals surface area contributed by atoms with Gasteiger partial charge < -0.3 is 4.74 Å². The fourth-order valence-corrected chi connectivity index (χ4v) is 1.54. The van der Waals surface area contributed by atoms with Crippen molar-refractivity contribution in [3.8, 4) is 0 Å². The van der Waals surface area contributed by atoms with Crippen molar-refractivity contribution in [2.24, 2.45) is 0 Å². The number of alkyl halides is 1. The molecule has 1 aliphatic rings. The van der Waals surface area contributed by atoms with Gasteiger partial charge in [-0.05, 0) is 12.8 Å². The summed E-state index contributed by atoms with van der Waals surface area (Å²) < 4.78 is 17.6. The number of nitrogens with zero attached hydrogens (tertiary/aromatic N) is 1. The molecule has 0 aliphatic carbocycles. The van der Waals surface area contributed by atoms with Gasteiger partial charge in [-0.1, -0.05) is 6.92 Å². The molecule has 1 atom stereocenters. The molecule has 0 aromatic heterocycles. The number of halogens is 1. The lowest BCUT2D eigenvalue weighted by Gasteiger charge is -2.21. The normalized spacial score (nSPS) is 27.0. The second-order valence-corrected chi connectivity index (χ2v) is 3.24. The summed E-state index contributed by atoms with van der Waals surface area (Å²) in [6.07, 6.45) is 2.39. The fourth-order valence-electron chi connectivity index (χ4n) is 1.54. The van der Waals surface area contributed by atoms with Gasteiger partial charge in [0.05, 0.1) is 6.10 Å². The molecule has 1 rings (SSSR count). The highest BCUT2D eigenvalue weighted by atomic mass is 19.1. The van der Waals surface area contributed by atoms with Crippen LogP contribution in [-0.2, 0) is 4.74 Å². The Hall–Kier alpha value is -0.150. The Morgan fingerprint density at radius 2 is 2.42 bits per heavy atom. The van der Waals surface area contributed by atoms with Crippen molar-refractivity contribution in [3.05, 3.63) is 0 Å². The minimum absolute atomic E-state index is 0.240. The quantitative estimate of drug-likeness (QED) is 0.644. The minimum atomic E-state index is -0.240. The highest BCUT2D eigenvalue weighted by Crippen LogP contribution is 2.07. The van der Waals surface area contributed by atoms with E-state index in [4.69, 9.17) is 4.74 Å². The van der Waals surface area contributed by atoms with Crippen LogP contribution in [0.5, 0.6) is 0 Å².